The SMILES string of the molecule is O=C1C[C@@H](C(=O)Nc2cccc(Cl)c2)S/C(=N/N=C\c2ccc3c(c2)OCO3)N1. The molecule has 148 valence electrons. The van der Waals surface area contributed by atoms with Crippen molar-refractivity contribution < 1.29 is 19.1 Å². The van der Waals surface area contributed by atoms with E-state index in [2.05, 4.69) is 20.8 Å². The van der Waals surface area contributed by atoms with Crippen LogP contribution in [-0.2, 0) is 9.59 Å². The lowest BCUT2D eigenvalue weighted by Crippen LogP contribution is -2.41. The van der Waals surface area contributed by atoms with Crippen LogP contribution in [0.25, 0.3) is 0 Å². The number of halogens is 1. The molecule has 4 rings (SSSR count). The zero-order valence-corrected chi connectivity index (χ0v) is 16.5. The molecule has 8 nitrogen and oxygen atoms in total. The highest BCUT2D eigenvalue weighted by molar-refractivity contribution is 8.15. The Morgan fingerprint density at radius 3 is 2.97 bits per heavy atom. The summed E-state index contributed by atoms with van der Waals surface area (Å²) in [5.41, 5.74) is 1.33. The number of thioether (sulfide) groups is 1. The fourth-order valence-corrected chi connectivity index (χ4v) is 3.80. The lowest BCUT2D eigenvalue weighted by atomic mass is 10.2. The summed E-state index contributed by atoms with van der Waals surface area (Å²) < 4.78 is 10.6. The van der Waals surface area contributed by atoms with Gasteiger partial charge in [-0.15, -0.1) is 5.10 Å². The number of ether oxygens (including phenoxy) is 2. The standard InChI is InChI=1S/C19H15ClN4O4S/c20-12-2-1-3-13(7-12)22-18(26)16-8-17(25)23-19(29-16)24-21-9-11-4-5-14-15(6-11)28-10-27-14/h1-7,9,16H,8,10H2,(H,22,26)(H,23,24,25)/b21-9-/t16-/m0/s1. The first-order valence-corrected chi connectivity index (χ1v) is 9.86. The topological polar surface area (TPSA) is 101 Å². The number of benzene rings is 2. The molecule has 0 aromatic heterocycles. The summed E-state index contributed by atoms with van der Waals surface area (Å²) in [7, 11) is 0. The highest BCUT2D eigenvalue weighted by atomic mass is 35.5. The van der Waals surface area contributed by atoms with Crippen molar-refractivity contribution in [3.63, 3.8) is 0 Å². The molecule has 2 aromatic carbocycles. The molecule has 0 unspecified atom stereocenters. The second-order valence-corrected chi connectivity index (χ2v) is 7.75. The van der Waals surface area contributed by atoms with Gasteiger partial charge in [-0.2, -0.15) is 5.10 Å². The van der Waals surface area contributed by atoms with Crippen LogP contribution >= 0.6 is 23.4 Å². The number of carbonyl (C=O) groups is 2. The molecule has 2 aliphatic rings. The Bertz CT molecular complexity index is 1030. The molecule has 2 amide bonds. The number of fused-ring (bicyclic) bond motifs is 1. The highest BCUT2D eigenvalue weighted by Crippen LogP contribution is 2.32. The van der Waals surface area contributed by atoms with Crippen LogP contribution < -0.4 is 20.1 Å². The van der Waals surface area contributed by atoms with Crippen molar-refractivity contribution in [2.45, 2.75) is 11.7 Å². The Kier molecular flexibility index (Phi) is 5.68. The average Bonchev–Trinajstić information content (AvgIpc) is 3.15. The molecule has 29 heavy (non-hydrogen) atoms. The van der Waals surface area contributed by atoms with E-state index in [1.807, 2.05) is 6.07 Å². The number of rotatable bonds is 4. The Morgan fingerprint density at radius 1 is 1.24 bits per heavy atom. The predicted octanol–water partition coefficient (Wildman–Crippen LogP) is 3.02. The number of anilines is 1. The quantitative estimate of drug-likeness (QED) is 0.573. The average molecular weight is 431 g/mol. The molecule has 2 N–H and O–H groups in total. The first-order chi connectivity index (χ1) is 14.1. The number of hydrogen-bond acceptors (Lipinski definition) is 7. The van der Waals surface area contributed by atoms with Gasteiger partial charge >= 0.3 is 0 Å². The van der Waals surface area contributed by atoms with Gasteiger partial charge in [0.25, 0.3) is 0 Å². The van der Waals surface area contributed by atoms with Crippen molar-refractivity contribution in [2.24, 2.45) is 10.2 Å². The Balaban J connectivity index is 1.41. The van der Waals surface area contributed by atoms with E-state index in [4.69, 9.17) is 21.1 Å². The van der Waals surface area contributed by atoms with Crippen LogP contribution in [0.4, 0.5) is 5.69 Å². The zero-order chi connectivity index (χ0) is 20.2. The molecule has 1 fully saturated rings. The first-order valence-electron chi connectivity index (χ1n) is 8.60. The minimum absolute atomic E-state index is 0.0436. The molecule has 2 heterocycles. The molecule has 0 aliphatic carbocycles. The summed E-state index contributed by atoms with van der Waals surface area (Å²) in [6.07, 6.45) is 1.57. The van der Waals surface area contributed by atoms with Gasteiger partial charge in [-0.05, 0) is 42.0 Å². The van der Waals surface area contributed by atoms with Crippen LogP contribution in [0.2, 0.25) is 5.02 Å². The Hall–Kier alpha value is -3.04. The van der Waals surface area contributed by atoms with E-state index in [1.54, 1.807) is 36.4 Å². The van der Waals surface area contributed by atoms with Gasteiger partial charge in [-0.1, -0.05) is 29.4 Å². The number of nitrogens with one attached hydrogen (secondary N) is 2. The number of amidine groups is 1. The largest absolute Gasteiger partial charge is 0.454 e. The lowest BCUT2D eigenvalue weighted by molar-refractivity contribution is -0.123. The summed E-state index contributed by atoms with van der Waals surface area (Å²) in [6, 6.07) is 12.2. The maximum atomic E-state index is 12.5. The van der Waals surface area contributed by atoms with E-state index < -0.39 is 5.25 Å². The molecule has 0 bridgehead atoms. The number of carbonyl (C=O) groups excluding carboxylic acids is 2. The van der Waals surface area contributed by atoms with Gasteiger partial charge in [0.2, 0.25) is 18.6 Å². The predicted molar refractivity (Wildman–Crippen MR) is 112 cm³/mol. The molecule has 2 aromatic rings. The summed E-state index contributed by atoms with van der Waals surface area (Å²) in [5.74, 6) is 0.711. The van der Waals surface area contributed by atoms with Crippen molar-refractivity contribution in [1.82, 2.24) is 5.32 Å². The van der Waals surface area contributed by atoms with E-state index in [9.17, 15) is 9.59 Å². The number of hydrogen-bond donors (Lipinski definition) is 2. The van der Waals surface area contributed by atoms with Gasteiger partial charge in [0.15, 0.2) is 16.7 Å². The third kappa shape index (κ3) is 4.87. The van der Waals surface area contributed by atoms with Crippen LogP contribution in [-0.4, -0.2) is 35.2 Å². The van der Waals surface area contributed by atoms with Crippen LogP contribution in [0, 0.1) is 0 Å². The number of nitrogens with zero attached hydrogens (tertiary/aromatic N) is 2. The van der Waals surface area contributed by atoms with E-state index in [0.29, 0.717) is 22.2 Å². The van der Waals surface area contributed by atoms with Crippen LogP contribution in [0.5, 0.6) is 11.5 Å². The molecule has 0 saturated carbocycles. The molecule has 2 aliphatic heterocycles. The van der Waals surface area contributed by atoms with Gasteiger partial charge in [-0.25, -0.2) is 0 Å². The van der Waals surface area contributed by atoms with Gasteiger partial charge in [0.1, 0.15) is 5.25 Å². The maximum Gasteiger partial charge on any atom is 0.238 e. The van der Waals surface area contributed by atoms with Crippen molar-refractivity contribution in [2.75, 3.05) is 12.1 Å². The summed E-state index contributed by atoms with van der Waals surface area (Å²) in [5, 5.41) is 13.5. The van der Waals surface area contributed by atoms with Gasteiger partial charge in [0, 0.05) is 17.1 Å². The van der Waals surface area contributed by atoms with Crippen molar-refractivity contribution in [3.05, 3.63) is 53.1 Å². The maximum absolute atomic E-state index is 12.5. The summed E-state index contributed by atoms with van der Waals surface area (Å²) >= 11 is 7.07. The van der Waals surface area contributed by atoms with Gasteiger partial charge in [-0.3, -0.25) is 9.59 Å². The van der Waals surface area contributed by atoms with E-state index in [0.717, 1.165) is 17.3 Å². The third-order valence-corrected chi connectivity index (χ3v) is 5.31. The van der Waals surface area contributed by atoms with Gasteiger partial charge < -0.3 is 20.1 Å². The van der Waals surface area contributed by atoms with E-state index in [-0.39, 0.29) is 30.2 Å². The minimum Gasteiger partial charge on any atom is -0.454 e. The van der Waals surface area contributed by atoms with Crippen molar-refractivity contribution >= 4 is 52.2 Å². The molecule has 1 saturated heterocycles. The molecular formula is C19H15ClN4O4S. The first kappa shape index (κ1) is 19.3. The fourth-order valence-electron chi connectivity index (χ4n) is 2.67. The molecule has 0 radical (unpaired) electrons. The molecule has 1 atom stereocenters. The van der Waals surface area contributed by atoms with Gasteiger partial charge in [0.05, 0.1) is 6.21 Å². The third-order valence-electron chi connectivity index (χ3n) is 4.01. The second-order valence-electron chi connectivity index (χ2n) is 6.12. The van der Waals surface area contributed by atoms with Crippen molar-refractivity contribution in [1.29, 1.82) is 0 Å². The Labute approximate surface area is 175 Å². The molecular weight excluding hydrogens is 416 g/mol. The minimum atomic E-state index is -0.623. The van der Waals surface area contributed by atoms with E-state index >= 15 is 0 Å². The van der Waals surface area contributed by atoms with Crippen LogP contribution in [0.15, 0.2) is 52.7 Å². The van der Waals surface area contributed by atoms with Crippen LogP contribution in [0.3, 0.4) is 0 Å². The highest BCUT2D eigenvalue weighted by Gasteiger charge is 2.30. The molecule has 0 spiro atoms. The zero-order valence-electron chi connectivity index (χ0n) is 14.9. The van der Waals surface area contributed by atoms with Crippen molar-refractivity contribution in [3.8, 4) is 11.5 Å². The molecule has 10 heteroatoms. The summed E-state index contributed by atoms with van der Waals surface area (Å²) in [6.45, 7) is 0.194. The number of amides is 2. The van der Waals surface area contributed by atoms with Crippen LogP contribution in [0.1, 0.15) is 12.0 Å². The summed E-state index contributed by atoms with van der Waals surface area (Å²) in [4.78, 5) is 24.5. The normalized spacial score (nSPS) is 19.4. The Morgan fingerprint density at radius 2 is 2.10 bits per heavy atom. The second kappa shape index (κ2) is 8.54. The fraction of sp³-hybridized carbons (Fsp3) is 0.158. The lowest BCUT2D eigenvalue weighted by Gasteiger charge is -2.21. The van der Waals surface area contributed by atoms with E-state index in [1.165, 1.54) is 6.21 Å². The smallest absolute Gasteiger partial charge is 0.238 e. The monoisotopic (exact) mass is 430 g/mol.